The number of fused-ring (bicyclic) bond motifs is 1. The van der Waals surface area contributed by atoms with Crippen LogP contribution < -0.4 is 20.9 Å². The first-order valence-electron chi connectivity index (χ1n) is 14.3. The van der Waals surface area contributed by atoms with Crippen molar-refractivity contribution in [3.05, 3.63) is 70.4 Å². The van der Waals surface area contributed by atoms with Gasteiger partial charge < -0.3 is 25.8 Å². The van der Waals surface area contributed by atoms with Crippen molar-refractivity contribution < 1.29 is 22.8 Å². The summed E-state index contributed by atoms with van der Waals surface area (Å²) in [6.45, 7) is 2.79. The maximum absolute atomic E-state index is 14.1. The number of anilines is 4. The molecule has 2 aromatic heterocycles. The van der Waals surface area contributed by atoms with Gasteiger partial charge in [0, 0.05) is 53.2 Å². The number of likely N-dealkylation sites (N-methyl/N-ethyl adjacent to an activating group) is 1. The maximum Gasteiger partial charge on any atom is 0.418 e. The quantitative estimate of drug-likeness (QED) is 0.214. The van der Waals surface area contributed by atoms with Crippen molar-refractivity contribution in [3.8, 4) is 0 Å². The van der Waals surface area contributed by atoms with Crippen LogP contribution in [0.25, 0.3) is 10.2 Å². The van der Waals surface area contributed by atoms with E-state index in [9.17, 15) is 22.8 Å². The maximum atomic E-state index is 14.1. The molecule has 4 aromatic rings. The van der Waals surface area contributed by atoms with Crippen molar-refractivity contribution in [2.24, 2.45) is 0 Å². The summed E-state index contributed by atoms with van der Waals surface area (Å²) >= 11 is 1.39. The molecule has 2 amide bonds. The fourth-order valence-corrected chi connectivity index (χ4v) is 6.28. The summed E-state index contributed by atoms with van der Waals surface area (Å²) in [4.78, 5) is 38.8. The minimum Gasteiger partial charge on any atom is -0.369 e. The van der Waals surface area contributed by atoms with Gasteiger partial charge in [0.05, 0.1) is 21.3 Å². The third-order valence-corrected chi connectivity index (χ3v) is 9.03. The Bertz CT molecular complexity index is 1740. The molecule has 1 aliphatic carbocycles. The highest BCUT2D eigenvalue weighted by Gasteiger charge is 2.37. The van der Waals surface area contributed by atoms with Crippen LogP contribution in [0.15, 0.2) is 48.1 Å². The SMILES string of the molecule is Cc1ccc(NC(=O)c2ccc(N3CCC(N(C)C)C3)c(C(F)(F)F)c2)cc1NC(=O)c1csc2c(NC3CC3)ncnc12. The zero-order valence-electron chi connectivity index (χ0n) is 24.5. The summed E-state index contributed by atoms with van der Waals surface area (Å²) in [5, 5.41) is 10.7. The molecule has 2 fully saturated rings. The van der Waals surface area contributed by atoms with Crippen molar-refractivity contribution in [3.63, 3.8) is 0 Å². The van der Waals surface area contributed by atoms with Gasteiger partial charge in [0.25, 0.3) is 11.8 Å². The Morgan fingerprint density at radius 3 is 2.52 bits per heavy atom. The van der Waals surface area contributed by atoms with E-state index in [2.05, 4.69) is 25.9 Å². The molecule has 2 aliphatic rings. The number of rotatable bonds is 8. The standard InChI is InChI=1S/C31H32F3N7O2S/c1-17-4-6-20(13-24(17)39-30(43)22-15-44-27-26(22)35-16-36-28(27)37-19-7-8-19)38-29(42)18-5-9-25(23(12-18)31(32,33)34)41-11-10-21(14-41)40(2)3/h4-6,9,12-13,15-16,19,21H,7-8,10-11,14H2,1-3H3,(H,38,42)(H,39,43)(H,35,36,37). The van der Waals surface area contributed by atoms with Gasteiger partial charge in [0.15, 0.2) is 0 Å². The molecule has 1 aliphatic heterocycles. The summed E-state index contributed by atoms with van der Waals surface area (Å²) in [5.41, 5.74) is 1.58. The summed E-state index contributed by atoms with van der Waals surface area (Å²) in [7, 11) is 3.83. The molecule has 9 nitrogen and oxygen atoms in total. The van der Waals surface area contributed by atoms with Crippen LogP contribution in [-0.2, 0) is 6.18 Å². The van der Waals surface area contributed by atoms with Gasteiger partial charge in [-0.25, -0.2) is 9.97 Å². The lowest BCUT2D eigenvalue weighted by atomic mass is 10.1. The molecule has 1 atom stereocenters. The molecule has 0 radical (unpaired) electrons. The van der Waals surface area contributed by atoms with E-state index in [4.69, 9.17) is 0 Å². The summed E-state index contributed by atoms with van der Waals surface area (Å²) < 4.78 is 43.2. The lowest BCUT2D eigenvalue weighted by Gasteiger charge is -2.25. The van der Waals surface area contributed by atoms with Crippen LogP contribution in [0.5, 0.6) is 0 Å². The zero-order chi connectivity index (χ0) is 31.2. The highest BCUT2D eigenvalue weighted by atomic mass is 32.1. The summed E-state index contributed by atoms with van der Waals surface area (Å²) in [6, 6.07) is 9.18. The Morgan fingerprint density at radius 2 is 1.82 bits per heavy atom. The number of thiophene rings is 1. The van der Waals surface area contributed by atoms with E-state index >= 15 is 0 Å². The molecule has 3 heterocycles. The monoisotopic (exact) mass is 623 g/mol. The number of halogens is 3. The Balaban J connectivity index is 1.19. The Hall–Kier alpha value is -4.23. The van der Waals surface area contributed by atoms with E-state index in [1.807, 2.05) is 19.0 Å². The number of hydrogen-bond donors (Lipinski definition) is 3. The Morgan fingerprint density at radius 1 is 1.02 bits per heavy atom. The molecule has 13 heteroatoms. The van der Waals surface area contributed by atoms with Gasteiger partial charge in [0.2, 0.25) is 0 Å². The molecular formula is C31H32F3N7O2S. The van der Waals surface area contributed by atoms with Gasteiger partial charge in [0.1, 0.15) is 12.1 Å². The molecule has 44 heavy (non-hydrogen) atoms. The first-order chi connectivity index (χ1) is 21.0. The van der Waals surface area contributed by atoms with Crippen molar-refractivity contribution in [2.45, 2.75) is 44.4 Å². The van der Waals surface area contributed by atoms with Crippen LogP contribution in [-0.4, -0.2) is 66.0 Å². The first-order valence-corrected chi connectivity index (χ1v) is 15.2. The number of aromatic nitrogens is 2. The van der Waals surface area contributed by atoms with Crippen LogP contribution in [0.4, 0.5) is 36.1 Å². The molecule has 3 N–H and O–H groups in total. The minimum absolute atomic E-state index is 0.0698. The third-order valence-electron chi connectivity index (χ3n) is 8.06. The molecule has 0 spiro atoms. The van der Waals surface area contributed by atoms with Crippen LogP contribution in [0.2, 0.25) is 0 Å². The number of carbonyl (C=O) groups is 2. The molecular weight excluding hydrogens is 591 g/mol. The molecule has 1 saturated heterocycles. The molecule has 230 valence electrons. The van der Waals surface area contributed by atoms with Crippen molar-refractivity contribution in [1.29, 1.82) is 0 Å². The zero-order valence-corrected chi connectivity index (χ0v) is 25.3. The predicted molar refractivity (Wildman–Crippen MR) is 167 cm³/mol. The lowest BCUT2D eigenvalue weighted by molar-refractivity contribution is -0.137. The number of carbonyl (C=O) groups excluding carboxylic acids is 2. The molecule has 6 rings (SSSR count). The van der Waals surface area contributed by atoms with Crippen LogP contribution in [0, 0.1) is 6.92 Å². The van der Waals surface area contributed by atoms with Gasteiger partial charge in [-0.2, -0.15) is 13.2 Å². The van der Waals surface area contributed by atoms with Gasteiger partial charge >= 0.3 is 6.18 Å². The molecule has 1 saturated carbocycles. The van der Waals surface area contributed by atoms with Crippen LogP contribution in [0.1, 0.15) is 51.1 Å². The van der Waals surface area contributed by atoms with Crippen molar-refractivity contribution >= 4 is 56.2 Å². The van der Waals surface area contributed by atoms with E-state index in [0.29, 0.717) is 47.4 Å². The fourth-order valence-electron chi connectivity index (χ4n) is 5.33. The van der Waals surface area contributed by atoms with Crippen molar-refractivity contribution in [2.75, 3.05) is 48.0 Å². The fraction of sp³-hybridized carbons (Fsp3) is 0.355. The number of aryl methyl sites for hydroxylation is 1. The number of nitrogens with one attached hydrogen (secondary N) is 3. The number of benzene rings is 2. The minimum atomic E-state index is -4.63. The lowest BCUT2D eigenvalue weighted by Crippen LogP contribution is -2.32. The number of amides is 2. The second-order valence-corrected chi connectivity index (χ2v) is 12.4. The summed E-state index contributed by atoms with van der Waals surface area (Å²) in [5.74, 6) is -0.350. The highest BCUT2D eigenvalue weighted by molar-refractivity contribution is 7.18. The Labute approximate surface area is 256 Å². The van der Waals surface area contributed by atoms with E-state index in [1.54, 1.807) is 35.4 Å². The average Bonchev–Trinajstić information content (AvgIpc) is 3.47. The third kappa shape index (κ3) is 6.20. The average molecular weight is 624 g/mol. The molecule has 2 aromatic carbocycles. The van der Waals surface area contributed by atoms with Crippen LogP contribution >= 0.6 is 11.3 Å². The number of nitrogens with zero attached hydrogens (tertiary/aromatic N) is 4. The van der Waals surface area contributed by atoms with Gasteiger partial charge in [-0.1, -0.05) is 6.07 Å². The number of alkyl halides is 3. The van der Waals surface area contributed by atoms with Crippen molar-refractivity contribution in [1.82, 2.24) is 14.9 Å². The smallest absolute Gasteiger partial charge is 0.369 e. The van der Waals surface area contributed by atoms with Gasteiger partial charge in [-0.15, -0.1) is 11.3 Å². The van der Waals surface area contributed by atoms with Gasteiger partial charge in [-0.3, -0.25) is 9.59 Å². The first kappa shape index (κ1) is 29.8. The highest BCUT2D eigenvalue weighted by Crippen LogP contribution is 2.39. The molecule has 1 unspecified atom stereocenters. The van der Waals surface area contributed by atoms with E-state index in [1.165, 1.54) is 29.8 Å². The summed E-state index contributed by atoms with van der Waals surface area (Å²) in [6.07, 6.45) is -0.273. The second-order valence-electron chi connectivity index (χ2n) is 11.5. The Kier molecular flexibility index (Phi) is 7.93. The van der Waals surface area contributed by atoms with E-state index in [0.717, 1.165) is 35.6 Å². The topological polar surface area (TPSA) is 102 Å². The predicted octanol–water partition coefficient (Wildman–Crippen LogP) is 6.24. The van der Waals surface area contributed by atoms with E-state index < -0.39 is 17.6 Å². The normalized spacial score (nSPS) is 16.9. The molecule has 0 bridgehead atoms. The largest absolute Gasteiger partial charge is 0.418 e. The number of hydrogen-bond acceptors (Lipinski definition) is 8. The van der Waals surface area contributed by atoms with E-state index in [-0.39, 0.29) is 23.2 Å². The second kappa shape index (κ2) is 11.7. The van der Waals surface area contributed by atoms with Gasteiger partial charge in [-0.05, 0) is 76.2 Å². The van der Waals surface area contributed by atoms with Crippen LogP contribution in [0.3, 0.4) is 0 Å².